The Balaban J connectivity index is 1.45. The number of likely N-dealkylation sites (tertiary alicyclic amines) is 2. The fourth-order valence-corrected chi connectivity index (χ4v) is 7.93. The van der Waals surface area contributed by atoms with Crippen LogP contribution in [0.4, 0.5) is 0 Å². The summed E-state index contributed by atoms with van der Waals surface area (Å²) >= 11 is 0. The molecular weight excluding hydrogens is 412 g/mol. The molecule has 178 valence electrons. The Bertz CT molecular complexity index is 966. The van der Waals surface area contributed by atoms with Crippen LogP contribution in [0.5, 0.6) is 0 Å². The Kier molecular flexibility index (Phi) is 5.13. The molecule has 1 amide bonds. The molecule has 0 radical (unpaired) electrons. The number of carbonyl (C=O) groups is 2. The lowest BCUT2D eigenvalue weighted by Crippen LogP contribution is -2.70. The molecule has 1 aromatic carbocycles. The number of fused-ring (bicyclic) bond motifs is 1. The van der Waals surface area contributed by atoms with Crippen molar-refractivity contribution in [3.8, 4) is 0 Å². The van der Waals surface area contributed by atoms with Gasteiger partial charge in [0.05, 0.1) is 6.04 Å². The fourth-order valence-electron chi connectivity index (χ4n) is 7.93. The number of benzene rings is 1. The lowest BCUT2D eigenvalue weighted by atomic mass is 9.55. The molecule has 4 fully saturated rings. The van der Waals surface area contributed by atoms with E-state index in [1.807, 2.05) is 0 Å². The maximum Gasteiger partial charge on any atom is 0.303 e. The summed E-state index contributed by atoms with van der Waals surface area (Å²) in [6, 6.07) is 7.04. The maximum atomic E-state index is 13.8. The van der Waals surface area contributed by atoms with Gasteiger partial charge in [-0.3, -0.25) is 14.5 Å². The summed E-state index contributed by atoms with van der Waals surface area (Å²) in [5.41, 5.74) is 3.17. The van der Waals surface area contributed by atoms with Crippen molar-refractivity contribution in [1.29, 1.82) is 0 Å². The zero-order valence-electron chi connectivity index (χ0n) is 20.3. The monoisotopic (exact) mass is 450 g/mol. The van der Waals surface area contributed by atoms with E-state index >= 15 is 0 Å². The zero-order valence-corrected chi connectivity index (χ0v) is 20.3. The van der Waals surface area contributed by atoms with Gasteiger partial charge in [0.25, 0.3) is 0 Å². The van der Waals surface area contributed by atoms with Crippen molar-refractivity contribution < 1.29 is 14.3 Å². The minimum absolute atomic E-state index is 0.0581. The summed E-state index contributed by atoms with van der Waals surface area (Å²) in [6.07, 6.45) is 9.48. The molecule has 4 atom stereocenters. The number of hydrogen-bond acceptors (Lipinski definition) is 4. The fraction of sp³-hybridized carbons (Fsp3) is 0.714. The number of nitrogens with zero attached hydrogens (tertiary/aromatic N) is 2. The van der Waals surface area contributed by atoms with Crippen molar-refractivity contribution in [1.82, 2.24) is 9.80 Å². The Hall–Kier alpha value is -1.88. The number of piperidine rings is 2. The predicted octanol–water partition coefficient (Wildman–Crippen LogP) is 4.00. The van der Waals surface area contributed by atoms with Gasteiger partial charge < -0.3 is 9.64 Å². The molecule has 0 unspecified atom stereocenters. The quantitative estimate of drug-likeness (QED) is 0.651. The SMILES string of the molecule is CC(=O)O[C@@]12C[C@@H](C(=O)N3CCCCC3)C[C@@]13CCN(CC1CC1)[C@@H]2Cc1ccc(C)cc13. The number of carbonyl (C=O) groups excluding carboxylic acids is 2. The molecule has 2 heterocycles. The first-order valence-electron chi connectivity index (χ1n) is 13.2. The molecule has 3 aliphatic carbocycles. The van der Waals surface area contributed by atoms with Gasteiger partial charge in [-0.15, -0.1) is 0 Å². The van der Waals surface area contributed by atoms with E-state index in [4.69, 9.17) is 4.74 Å². The summed E-state index contributed by atoms with van der Waals surface area (Å²) in [5.74, 6) is 0.842. The van der Waals surface area contributed by atoms with Gasteiger partial charge >= 0.3 is 5.97 Å². The molecule has 0 spiro atoms. The highest BCUT2D eigenvalue weighted by atomic mass is 16.6. The Morgan fingerprint density at radius 1 is 1.09 bits per heavy atom. The second-order valence-electron chi connectivity index (χ2n) is 11.6. The van der Waals surface area contributed by atoms with Crippen molar-refractivity contribution in [2.45, 2.75) is 88.7 Å². The molecule has 1 aromatic rings. The summed E-state index contributed by atoms with van der Waals surface area (Å²) in [6.45, 7) is 7.64. The first-order chi connectivity index (χ1) is 15.9. The Labute approximate surface area is 197 Å². The van der Waals surface area contributed by atoms with Crippen LogP contribution >= 0.6 is 0 Å². The maximum absolute atomic E-state index is 13.8. The van der Waals surface area contributed by atoms with E-state index in [-0.39, 0.29) is 23.3 Å². The highest BCUT2D eigenvalue weighted by molar-refractivity contribution is 5.80. The number of rotatable bonds is 4. The van der Waals surface area contributed by atoms with E-state index in [2.05, 4.69) is 34.9 Å². The number of amides is 1. The van der Waals surface area contributed by atoms with Crippen LogP contribution < -0.4 is 0 Å². The van der Waals surface area contributed by atoms with Gasteiger partial charge in [0.1, 0.15) is 5.60 Å². The molecule has 2 saturated heterocycles. The average molecular weight is 451 g/mol. The summed E-state index contributed by atoms with van der Waals surface area (Å²) in [4.78, 5) is 31.2. The van der Waals surface area contributed by atoms with E-state index in [1.165, 1.54) is 36.0 Å². The second kappa shape index (κ2) is 7.83. The van der Waals surface area contributed by atoms with Crippen molar-refractivity contribution >= 4 is 11.9 Å². The molecule has 5 nitrogen and oxygen atoms in total. The van der Waals surface area contributed by atoms with Crippen molar-refractivity contribution in [2.75, 3.05) is 26.2 Å². The second-order valence-corrected chi connectivity index (χ2v) is 11.6. The van der Waals surface area contributed by atoms with Crippen LogP contribution in [0.15, 0.2) is 18.2 Å². The first kappa shape index (κ1) is 21.6. The lowest BCUT2D eigenvalue weighted by molar-refractivity contribution is -0.189. The van der Waals surface area contributed by atoms with Gasteiger partial charge in [-0.25, -0.2) is 0 Å². The van der Waals surface area contributed by atoms with Crippen LogP contribution in [0, 0.1) is 18.8 Å². The standard InChI is InChI=1S/C28H38N2O3/c1-19-6-9-22-15-25-28(33-20(2)31)17-23(26(32)29-11-4-3-5-12-29)16-27(28,24(22)14-19)10-13-30(25)18-21-7-8-21/h6,9,14,21,23,25H,3-5,7-8,10-13,15-18H2,1-2H3/t23-,25+,27+,28+/m0/s1. The van der Waals surface area contributed by atoms with Crippen LogP contribution in [0.25, 0.3) is 0 Å². The predicted molar refractivity (Wildman–Crippen MR) is 127 cm³/mol. The van der Waals surface area contributed by atoms with Crippen LogP contribution in [0.2, 0.25) is 0 Å². The third-order valence-corrected chi connectivity index (χ3v) is 9.49. The highest BCUT2D eigenvalue weighted by Gasteiger charge is 2.71. The molecule has 2 saturated carbocycles. The minimum atomic E-state index is -0.594. The third kappa shape index (κ3) is 3.37. The molecule has 33 heavy (non-hydrogen) atoms. The van der Waals surface area contributed by atoms with Crippen molar-refractivity contribution in [3.05, 3.63) is 34.9 Å². The van der Waals surface area contributed by atoms with Gasteiger partial charge in [0.2, 0.25) is 5.91 Å². The van der Waals surface area contributed by atoms with Gasteiger partial charge in [-0.05, 0) is 81.9 Å². The van der Waals surface area contributed by atoms with Crippen LogP contribution in [0.3, 0.4) is 0 Å². The van der Waals surface area contributed by atoms with Crippen LogP contribution in [-0.4, -0.2) is 59.5 Å². The van der Waals surface area contributed by atoms with Crippen LogP contribution in [-0.2, 0) is 26.2 Å². The topological polar surface area (TPSA) is 49.9 Å². The van der Waals surface area contributed by atoms with E-state index in [0.29, 0.717) is 12.3 Å². The average Bonchev–Trinajstić information content (AvgIpc) is 3.54. The van der Waals surface area contributed by atoms with Gasteiger partial charge in [-0.2, -0.15) is 0 Å². The largest absolute Gasteiger partial charge is 0.457 e. The van der Waals surface area contributed by atoms with Gasteiger partial charge in [-0.1, -0.05) is 23.8 Å². The molecule has 0 N–H and O–H groups in total. The van der Waals surface area contributed by atoms with Crippen molar-refractivity contribution in [3.63, 3.8) is 0 Å². The van der Waals surface area contributed by atoms with E-state index in [0.717, 1.165) is 64.2 Å². The van der Waals surface area contributed by atoms with Gasteiger partial charge in [0.15, 0.2) is 0 Å². The molecule has 2 bridgehead atoms. The Morgan fingerprint density at radius 2 is 1.88 bits per heavy atom. The molecule has 5 aliphatic rings. The summed E-state index contributed by atoms with van der Waals surface area (Å²) in [7, 11) is 0. The van der Waals surface area contributed by atoms with Crippen molar-refractivity contribution in [2.24, 2.45) is 11.8 Å². The lowest BCUT2D eigenvalue weighted by Gasteiger charge is -2.60. The highest BCUT2D eigenvalue weighted by Crippen LogP contribution is 2.63. The Morgan fingerprint density at radius 3 is 2.61 bits per heavy atom. The molecule has 5 heteroatoms. The van der Waals surface area contributed by atoms with E-state index < -0.39 is 5.60 Å². The molecule has 2 aliphatic heterocycles. The minimum Gasteiger partial charge on any atom is -0.457 e. The summed E-state index contributed by atoms with van der Waals surface area (Å²) < 4.78 is 6.51. The molecule has 6 rings (SSSR count). The van der Waals surface area contributed by atoms with Gasteiger partial charge in [0, 0.05) is 44.3 Å². The molecule has 0 aromatic heterocycles. The zero-order chi connectivity index (χ0) is 22.8. The van der Waals surface area contributed by atoms with E-state index in [9.17, 15) is 9.59 Å². The summed E-state index contributed by atoms with van der Waals surface area (Å²) in [5, 5.41) is 0. The van der Waals surface area contributed by atoms with E-state index in [1.54, 1.807) is 6.92 Å². The third-order valence-electron chi connectivity index (χ3n) is 9.49. The normalized spacial score (nSPS) is 35.6. The number of hydrogen-bond donors (Lipinski definition) is 0. The smallest absolute Gasteiger partial charge is 0.303 e. The number of aryl methyl sites for hydroxylation is 1. The molecular formula is C28H38N2O3. The van der Waals surface area contributed by atoms with Crippen LogP contribution in [0.1, 0.15) is 75.0 Å². The number of esters is 1. The first-order valence-corrected chi connectivity index (χ1v) is 13.2. The number of ether oxygens (including phenoxy) is 1.